The number of aryl methyl sites for hydroxylation is 1. The second-order valence-corrected chi connectivity index (χ2v) is 4.62. The number of nitriles is 1. The molecule has 0 bridgehead atoms. The molecular weight excluding hydrogens is 234 g/mol. The molecule has 0 aliphatic rings. The Labute approximate surface area is 114 Å². The predicted molar refractivity (Wildman–Crippen MR) is 76.4 cm³/mol. The highest BCUT2D eigenvalue weighted by atomic mass is 16.3. The maximum Gasteiger partial charge on any atom is 0.0673 e. The van der Waals surface area contributed by atoms with Crippen molar-refractivity contribution in [3.05, 3.63) is 60.2 Å². The van der Waals surface area contributed by atoms with Crippen LogP contribution in [0.2, 0.25) is 0 Å². The van der Waals surface area contributed by atoms with E-state index in [0.29, 0.717) is 6.42 Å². The van der Waals surface area contributed by atoms with Crippen LogP contribution in [0.5, 0.6) is 0 Å². The van der Waals surface area contributed by atoms with Crippen molar-refractivity contribution in [1.29, 1.82) is 5.26 Å². The van der Waals surface area contributed by atoms with Crippen molar-refractivity contribution in [2.45, 2.75) is 25.4 Å². The molecule has 0 spiro atoms. The zero-order chi connectivity index (χ0) is 13.5. The lowest BCUT2D eigenvalue weighted by molar-refractivity contribution is 0.170. The van der Waals surface area contributed by atoms with E-state index in [9.17, 15) is 5.11 Å². The Bertz CT molecular complexity index is 557. The molecule has 2 heteroatoms. The number of nitrogens with zero attached hydrogens (tertiary/aromatic N) is 1. The highest BCUT2D eigenvalue weighted by Crippen LogP contribution is 2.20. The van der Waals surface area contributed by atoms with Crippen molar-refractivity contribution >= 4 is 0 Å². The average Bonchev–Trinajstić information content (AvgIpc) is 2.47. The maximum atomic E-state index is 9.57. The summed E-state index contributed by atoms with van der Waals surface area (Å²) >= 11 is 0. The minimum absolute atomic E-state index is 0.207. The summed E-state index contributed by atoms with van der Waals surface area (Å²) in [5.41, 5.74) is 3.58. The maximum absolute atomic E-state index is 9.57. The van der Waals surface area contributed by atoms with Gasteiger partial charge in [-0.1, -0.05) is 54.6 Å². The first-order valence-electron chi connectivity index (χ1n) is 6.49. The van der Waals surface area contributed by atoms with Crippen LogP contribution < -0.4 is 0 Å². The SMILES string of the molecule is N#CCC(O)CCc1cccc(-c2ccccc2)c1. The van der Waals surface area contributed by atoms with Crippen molar-refractivity contribution in [1.82, 2.24) is 0 Å². The van der Waals surface area contributed by atoms with Gasteiger partial charge in [0.1, 0.15) is 0 Å². The molecule has 0 aliphatic carbocycles. The highest BCUT2D eigenvalue weighted by Gasteiger charge is 2.04. The molecule has 19 heavy (non-hydrogen) atoms. The summed E-state index contributed by atoms with van der Waals surface area (Å²) in [6.07, 6.45) is 1.11. The zero-order valence-electron chi connectivity index (χ0n) is 10.8. The highest BCUT2D eigenvalue weighted by molar-refractivity contribution is 5.63. The summed E-state index contributed by atoms with van der Waals surface area (Å²) in [7, 11) is 0. The molecule has 0 amide bonds. The standard InChI is InChI=1S/C17H17NO/c18-12-11-17(19)10-9-14-5-4-8-16(13-14)15-6-2-1-3-7-15/h1-8,13,17,19H,9-11H2. The molecule has 0 heterocycles. The molecule has 2 aromatic carbocycles. The molecule has 0 saturated carbocycles. The van der Waals surface area contributed by atoms with Gasteiger partial charge in [0.2, 0.25) is 0 Å². The number of rotatable bonds is 5. The quantitative estimate of drug-likeness (QED) is 0.883. The zero-order valence-corrected chi connectivity index (χ0v) is 10.8. The van der Waals surface area contributed by atoms with Crippen LogP contribution >= 0.6 is 0 Å². The summed E-state index contributed by atoms with van der Waals surface area (Å²) in [5.74, 6) is 0. The second kappa shape index (κ2) is 6.72. The lowest BCUT2D eigenvalue weighted by Gasteiger charge is -2.08. The number of benzene rings is 2. The van der Waals surface area contributed by atoms with Gasteiger partial charge in [0, 0.05) is 0 Å². The van der Waals surface area contributed by atoms with Crippen LogP contribution in [0.3, 0.4) is 0 Å². The fraction of sp³-hybridized carbons (Fsp3) is 0.235. The normalized spacial score (nSPS) is 11.8. The van der Waals surface area contributed by atoms with Crippen LogP contribution in [0.1, 0.15) is 18.4 Å². The van der Waals surface area contributed by atoms with E-state index in [1.807, 2.05) is 30.3 Å². The molecule has 0 saturated heterocycles. The molecule has 0 radical (unpaired) electrons. The van der Waals surface area contributed by atoms with E-state index in [1.54, 1.807) is 0 Å². The molecule has 0 aromatic heterocycles. The number of hydrogen-bond acceptors (Lipinski definition) is 2. The monoisotopic (exact) mass is 251 g/mol. The molecule has 2 rings (SSSR count). The molecule has 96 valence electrons. The van der Waals surface area contributed by atoms with Crippen LogP contribution in [0.4, 0.5) is 0 Å². The molecule has 1 N–H and O–H groups in total. The van der Waals surface area contributed by atoms with Crippen LogP contribution in [-0.4, -0.2) is 11.2 Å². The van der Waals surface area contributed by atoms with Crippen LogP contribution in [-0.2, 0) is 6.42 Å². The number of aliphatic hydroxyl groups is 1. The van der Waals surface area contributed by atoms with E-state index >= 15 is 0 Å². The molecule has 1 unspecified atom stereocenters. The first kappa shape index (κ1) is 13.3. The summed E-state index contributed by atoms with van der Waals surface area (Å²) in [4.78, 5) is 0. The van der Waals surface area contributed by atoms with Crippen molar-refractivity contribution in [2.24, 2.45) is 0 Å². The first-order valence-corrected chi connectivity index (χ1v) is 6.49. The molecule has 0 fully saturated rings. The van der Waals surface area contributed by atoms with E-state index < -0.39 is 6.10 Å². The van der Waals surface area contributed by atoms with Crippen molar-refractivity contribution < 1.29 is 5.11 Å². The van der Waals surface area contributed by atoms with Gasteiger partial charge in [-0.3, -0.25) is 0 Å². The van der Waals surface area contributed by atoms with Gasteiger partial charge >= 0.3 is 0 Å². The smallest absolute Gasteiger partial charge is 0.0673 e. The van der Waals surface area contributed by atoms with Crippen LogP contribution in [0.15, 0.2) is 54.6 Å². The number of aliphatic hydroxyl groups excluding tert-OH is 1. The fourth-order valence-electron chi connectivity index (χ4n) is 2.08. The lowest BCUT2D eigenvalue weighted by atomic mass is 9.99. The van der Waals surface area contributed by atoms with Crippen molar-refractivity contribution in [3.8, 4) is 17.2 Å². The van der Waals surface area contributed by atoms with Gasteiger partial charge < -0.3 is 5.11 Å². The Morgan fingerprint density at radius 2 is 1.74 bits per heavy atom. The van der Waals surface area contributed by atoms with Gasteiger partial charge in [-0.15, -0.1) is 0 Å². The Balaban J connectivity index is 2.06. The predicted octanol–water partition coefficient (Wildman–Crippen LogP) is 3.56. The van der Waals surface area contributed by atoms with Gasteiger partial charge in [0.25, 0.3) is 0 Å². The minimum Gasteiger partial charge on any atom is -0.392 e. The summed E-state index contributed by atoms with van der Waals surface area (Å²) in [6, 6.07) is 20.6. The van der Waals surface area contributed by atoms with E-state index in [4.69, 9.17) is 5.26 Å². The van der Waals surface area contributed by atoms with Crippen LogP contribution in [0, 0.1) is 11.3 Å². The summed E-state index contributed by atoms with van der Waals surface area (Å²) < 4.78 is 0. The van der Waals surface area contributed by atoms with Gasteiger partial charge in [-0.05, 0) is 29.5 Å². The van der Waals surface area contributed by atoms with Gasteiger partial charge in [-0.25, -0.2) is 0 Å². The Morgan fingerprint density at radius 3 is 2.47 bits per heavy atom. The Morgan fingerprint density at radius 1 is 1.00 bits per heavy atom. The third-order valence-electron chi connectivity index (χ3n) is 3.13. The fourth-order valence-corrected chi connectivity index (χ4v) is 2.08. The molecule has 0 aliphatic heterocycles. The lowest BCUT2D eigenvalue weighted by Crippen LogP contribution is -2.06. The Hall–Kier alpha value is -2.11. The topological polar surface area (TPSA) is 44.0 Å². The molecular formula is C17H17NO. The van der Waals surface area contributed by atoms with Crippen molar-refractivity contribution in [2.75, 3.05) is 0 Å². The summed E-state index contributed by atoms with van der Waals surface area (Å²) in [6.45, 7) is 0. The number of hydrogen-bond donors (Lipinski definition) is 1. The third-order valence-corrected chi connectivity index (χ3v) is 3.13. The van der Waals surface area contributed by atoms with Gasteiger partial charge in [0.05, 0.1) is 18.6 Å². The Kier molecular flexibility index (Phi) is 4.72. The molecule has 2 nitrogen and oxygen atoms in total. The first-order chi connectivity index (χ1) is 9.29. The largest absolute Gasteiger partial charge is 0.392 e. The van der Waals surface area contributed by atoms with E-state index in [1.165, 1.54) is 16.7 Å². The van der Waals surface area contributed by atoms with Crippen LogP contribution in [0.25, 0.3) is 11.1 Å². The molecule has 1 atom stereocenters. The van der Waals surface area contributed by atoms with E-state index in [2.05, 4.69) is 30.3 Å². The average molecular weight is 251 g/mol. The van der Waals surface area contributed by atoms with Crippen molar-refractivity contribution in [3.63, 3.8) is 0 Å². The third kappa shape index (κ3) is 3.94. The van der Waals surface area contributed by atoms with Gasteiger partial charge in [0.15, 0.2) is 0 Å². The van der Waals surface area contributed by atoms with E-state index in [0.717, 1.165) is 6.42 Å². The molecule has 2 aromatic rings. The summed E-state index contributed by atoms with van der Waals surface area (Å²) in [5, 5.41) is 18.1. The van der Waals surface area contributed by atoms with E-state index in [-0.39, 0.29) is 6.42 Å². The van der Waals surface area contributed by atoms with Gasteiger partial charge in [-0.2, -0.15) is 5.26 Å². The minimum atomic E-state index is -0.523. The second-order valence-electron chi connectivity index (χ2n) is 4.62.